The van der Waals surface area contributed by atoms with Gasteiger partial charge in [0.15, 0.2) is 0 Å². The van der Waals surface area contributed by atoms with Crippen molar-refractivity contribution in [3.05, 3.63) is 0 Å². The molecule has 1 nitrogen and oxygen atoms in total. The summed E-state index contributed by atoms with van der Waals surface area (Å²) in [5.41, 5.74) is 0. The maximum absolute atomic E-state index is 2.61. The molecule has 2 rings (SSSR count). The monoisotopic (exact) mass is 181 g/mol. The van der Waals surface area contributed by atoms with Gasteiger partial charge in [-0.15, -0.1) is 0 Å². The van der Waals surface area contributed by atoms with Crippen LogP contribution in [-0.2, 0) is 0 Å². The van der Waals surface area contributed by atoms with Gasteiger partial charge in [0.05, 0.1) is 0 Å². The van der Waals surface area contributed by atoms with Crippen molar-refractivity contribution >= 4 is 0 Å². The summed E-state index contributed by atoms with van der Waals surface area (Å²) < 4.78 is 0. The van der Waals surface area contributed by atoms with Crippen molar-refractivity contribution in [3.63, 3.8) is 0 Å². The van der Waals surface area contributed by atoms with E-state index in [4.69, 9.17) is 0 Å². The summed E-state index contributed by atoms with van der Waals surface area (Å²) in [6.07, 6.45) is 11.9. The second kappa shape index (κ2) is 4.45. The van der Waals surface area contributed by atoms with Gasteiger partial charge in [-0.25, -0.2) is 0 Å². The summed E-state index contributed by atoms with van der Waals surface area (Å²) in [4.78, 5) is 2.61. The van der Waals surface area contributed by atoms with E-state index in [1.54, 1.807) is 0 Å². The van der Waals surface area contributed by atoms with Gasteiger partial charge in [-0.05, 0) is 38.8 Å². The van der Waals surface area contributed by atoms with Crippen molar-refractivity contribution in [2.75, 3.05) is 13.6 Å². The minimum absolute atomic E-state index is 0.943. The van der Waals surface area contributed by atoms with Crippen LogP contribution in [0.1, 0.15) is 51.4 Å². The van der Waals surface area contributed by atoms with Crippen LogP contribution in [0, 0.1) is 5.92 Å². The van der Waals surface area contributed by atoms with E-state index in [-0.39, 0.29) is 0 Å². The Bertz CT molecular complexity index is 155. The van der Waals surface area contributed by atoms with E-state index < -0.39 is 0 Å². The molecule has 1 heteroatoms. The van der Waals surface area contributed by atoms with Gasteiger partial charge in [0.1, 0.15) is 0 Å². The first-order valence-corrected chi connectivity index (χ1v) is 6.08. The Balaban J connectivity index is 1.93. The zero-order chi connectivity index (χ0) is 9.10. The molecule has 0 aromatic carbocycles. The second-order valence-electron chi connectivity index (χ2n) is 4.94. The van der Waals surface area contributed by atoms with E-state index in [1.165, 1.54) is 57.9 Å². The van der Waals surface area contributed by atoms with Gasteiger partial charge in [-0.3, -0.25) is 0 Å². The van der Waals surface area contributed by atoms with Crippen LogP contribution < -0.4 is 0 Å². The highest BCUT2D eigenvalue weighted by Crippen LogP contribution is 2.32. The van der Waals surface area contributed by atoms with Crippen molar-refractivity contribution in [1.29, 1.82) is 0 Å². The molecule has 0 aromatic heterocycles. The van der Waals surface area contributed by atoms with Gasteiger partial charge in [0.2, 0.25) is 0 Å². The summed E-state index contributed by atoms with van der Waals surface area (Å²) in [5, 5.41) is 0. The predicted molar refractivity (Wildman–Crippen MR) is 56.8 cm³/mol. The molecule has 0 amide bonds. The van der Waals surface area contributed by atoms with Crippen molar-refractivity contribution in [3.8, 4) is 0 Å². The first-order valence-electron chi connectivity index (χ1n) is 6.08. The maximum atomic E-state index is 2.61. The average molecular weight is 181 g/mol. The number of hydrogen-bond donors (Lipinski definition) is 0. The van der Waals surface area contributed by atoms with Crippen LogP contribution in [0.25, 0.3) is 0 Å². The molecule has 0 N–H and O–H groups in total. The number of nitrogens with zero attached hydrogens (tertiary/aromatic N) is 1. The SMILES string of the molecule is CN1CCC2CCCCCCCC21. The Morgan fingerprint density at radius 1 is 0.846 bits per heavy atom. The van der Waals surface area contributed by atoms with E-state index in [0.717, 1.165) is 12.0 Å². The average Bonchev–Trinajstić information content (AvgIpc) is 2.51. The maximum Gasteiger partial charge on any atom is 0.0121 e. The highest BCUT2D eigenvalue weighted by atomic mass is 15.2. The summed E-state index contributed by atoms with van der Waals surface area (Å²) in [5.74, 6) is 1.04. The molecule has 0 aromatic rings. The highest BCUT2D eigenvalue weighted by molar-refractivity contribution is 4.85. The van der Waals surface area contributed by atoms with Crippen LogP contribution in [0.2, 0.25) is 0 Å². The topological polar surface area (TPSA) is 3.24 Å². The summed E-state index contributed by atoms with van der Waals surface area (Å²) in [6.45, 7) is 1.36. The normalized spacial score (nSPS) is 37.6. The van der Waals surface area contributed by atoms with Crippen molar-refractivity contribution in [2.45, 2.75) is 57.4 Å². The van der Waals surface area contributed by atoms with Gasteiger partial charge in [0.25, 0.3) is 0 Å². The molecule has 0 radical (unpaired) electrons. The molecular formula is C12H23N. The molecule has 1 aliphatic carbocycles. The van der Waals surface area contributed by atoms with Gasteiger partial charge in [0, 0.05) is 6.04 Å². The first kappa shape index (κ1) is 9.51. The number of fused-ring (bicyclic) bond motifs is 1. The predicted octanol–water partition coefficient (Wildman–Crippen LogP) is 3.05. The summed E-state index contributed by atoms with van der Waals surface area (Å²) in [6, 6.07) is 0.943. The van der Waals surface area contributed by atoms with Crippen molar-refractivity contribution in [1.82, 2.24) is 4.90 Å². The molecular weight excluding hydrogens is 158 g/mol. The number of hydrogen-bond acceptors (Lipinski definition) is 1. The minimum Gasteiger partial charge on any atom is -0.303 e. The Morgan fingerprint density at radius 3 is 2.38 bits per heavy atom. The fraction of sp³-hybridized carbons (Fsp3) is 1.00. The molecule has 0 bridgehead atoms. The molecule has 1 aliphatic heterocycles. The van der Waals surface area contributed by atoms with E-state index >= 15 is 0 Å². The number of likely N-dealkylation sites (tertiary alicyclic amines) is 1. The van der Waals surface area contributed by atoms with Gasteiger partial charge in [-0.2, -0.15) is 0 Å². The Morgan fingerprint density at radius 2 is 1.54 bits per heavy atom. The lowest BCUT2D eigenvalue weighted by Gasteiger charge is -2.24. The van der Waals surface area contributed by atoms with Crippen LogP contribution >= 0.6 is 0 Å². The molecule has 1 saturated heterocycles. The molecule has 0 spiro atoms. The molecule has 76 valence electrons. The van der Waals surface area contributed by atoms with E-state index in [9.17, 15) is 0 Å². The van der Waals surface area contributed by atoms with Gasteiger partial charge >= 0.3 is 0 Å². The molecule has 1 saturated carbocycles. The van der Waals surface area contributed by atoms with E-state index in [1.807, 2.05) is 0 Å². The lowest BCUT2D eigenvalue weighted by Crippen LogP contribution is -2.29. The standard InChI is InChI=1S/C12H23N/c1-13-10-9-11-7-5-3-2-4-6-8-12(11)13/h11-12H,2-10H2,1H3. The fourth-order valence-electron chi connectivity index (χ4n) is 3.17. The molecule has 2 unspecified atom stereocenters. The van der Waals surface area contributed by atoms with Gasteiger partial charge < -0.3 is 4.90 Å². The van der Waals surface area contributed by atoms with Crippen LogP contribution in [0.5, 0.6) is 0 Å². The van der Waals surface area contributed by atoms with Crippen LogP contribution in [-0.4, -0.2) is 24.5 Å². The number of rotatable bonds is 0. The van der Waals surface area contributed by atoms with Crippen molar-refractivity contribution in [2.24, 2.45) is 5.92 Å². The molecule has 2 atom stereocenters. The largest absolute Gasteiger partial charge is 0.303 e. The zero-order valence-corrected chi connectivity index (χ0v) is 8.97. The van der Waals surface area contributed by atoms with Crippen LogP contribution in [0.15, 0.2) is 0 Å². The van der Waals surface area contributed by atoms with E-state index in [2.05, 4.69) is 11.9 Å². The quantitative estimate of drug-likeness (QED) is 0.555. The van der Waals surface area contributed by atoms with Crippen molar-refractivity contribution < 1.29 is 0 Å². The summed E-state index contributed by atoms with van der Waals surface area (Å²) in [7, 11) is 2.32. The Kier molecular flexibility index (Phi) is 3.26. The smallest absolute Gasteiger partial charge is 0.0121 e. The zero-order valence-electron chi connectivity index (χ0n) is 8.97. The summed E-state index contributed by atoms with van der Waals surface area (Å²) >= 11 is 0. The van der Waals surface area contributed by atoms with Gasteiger partial charge in [-0.1, -0.05) is 32.1 Å². The Labute approximate surface area is 82.5 Å². The molecule has 1 heterocycles. The Hall–Kier alpha value is -0.0400. The third-order valence-electron chi connectivity index (χ3n) is 4.04. The second-order valence-corrected chi connectivity index (χ2v) is 4.94. The minimum atomic E-state index is 0.943. The highest BCUT2D eigenvalue weighted by Gasteiger charge is 2.30. The van der Waals surface area contributed by atoms with Crippen LogP contribution in [0.3, 0.4) is 0 Å². The molecule has 2 fully saturated rings. The molecule has 2 aliphatic rings. The third-order valence-corrected chi connectivity index (χ3v) is 4.04. The lowest BCUT2D eigenvalue weighted by molar-refractivity contribution is 0.247. The fourth-order valence-corrected chi connectivity index (χ4v) is 3.17. The van der Waals surface area contributed by atoms with E-state index in [0.29, 0.717) is 0 Å². The first-order chi connectivity index (χ1) is 6.38. The van der Waals surface area contributed by atoms with Crippen LogP contribution in [0.4, 0.5) is 0 Å². The third kappa shape index (κ3) is 2.25. The molecule has 13 heavy (non-hydrogen) atoms. The lowest BCUT2D eigenvalue weighted by atomic mass is 9.92.